The second-order valence-corrected chi connectivity index (χ2v) is 10.3. The number of fused-ring (bicyclic) bond motifs is 1. The fraction of sp³-hybridized carbons (Fsp3) is 0.500. The van der Waals surface area contributed by atoms with Gasteiger partial charge in [-0.1, -0.05) is 13.8 Å². The van der Waals surface area contributed by atoms with Crippen LogP contribution in [0.1, 0.15) is 36.8 Å². The molecule has 0 radical (unpaired) electrons. The predicted molar refractivity (Wildman–Crippen MR) is 123 cm³/mol. The Labute approximate surface area is 189 Å². The molecule has 1 aromatic heterocycles. The molecule has 32 heavy (non-hydrogen) atoms. The molecule has 0 unspecified atom stereocenters. The minimum absolute atomic E-state index is 0.0283. The molecule has 1 fully saturated rings. The summed E-state index contributed by atoms with van der Waals surface area (Å²) in [5.74, 6) is 2.11. The highest BCUT2D eigenvalue weighted by molar-refractivity contribution is 7.89. The van der Waals surface area contributed by atoms with Crippen LogP contribution in [0.15, 0.2) is 29.2 Å². The SMILES string of the molecule is Cc1cc(N2CCN(CC(=O)N3CCc4cc(S(N)(=O)=O)ccc43)CC2)nc(C(C)C)n1. The van der Waals surface area contributed by atoms with E-state index in [9.17, 15) is 13.2 Å². The van der Waals surface area contributed by atoms with Crippen molar-refractivity contribution in [3.05, 3.63) is 41.3 Å². The largest absolute Gasteiger partial charge is 0.354 e. The van der Waals surface area contributed by atoms with Crippen LogP contribution in [-0.2, 0) is 21.2 Å². The first-order chi connectivity index (χ1) is 15.1. The summed E-state index contributed by atoms with van der Waals surface area (Å²) in [7, 11) is -3.75. The Morgan fingerprint density at radius 1 is 1.09 bits per heavy atom. The number of benzene rings is 1. The molecule has 2 aromatic rings. The van der Waals surface area contributed by atoms with Crippen LogP contribution in [0.2, 0.25) is 0 Å². The summed E-state index contributed by atoms with van der Waals surface area (Å²) in [6.07, 6.45) is 0.628. The lowest BCUT2D eigenvalue weighted by Gasteiger charge is -2.36. The Bertz CT molecular complexity index is 1130. The number of hydrogen-bond donors (Lipinski definition) is 1. The average molecular weight is 459 g/mol. The predicted octanol–water partition coefficient (Wildman–Crippen LogP) is 1.27. The zero-order chi connectivity index (χ0) is 23.0. The molecular weight excluding hydrogens is 428 g/mol. The number of piperazine rings is 1. The van der Waals surface area contributed by atoms with Crippen molar-refractivity contribution >= 4 is 27.4 Å². The summed E-state index contributed by atoms with van der Waals surface area (Å²) in [6.45, 7) is 10.2. The summed E-state index contributed by atoms with van der Waals surface area (Å²) in [6, 6.07) is 6.74. The van der Waals surface area contributed by atoms with Gasteiger partial charge in [-0.2, -0.15) is 0 Å². The van der Waals surface area contributed by atoms with Gasteiger partial charge in [-0.3, -0.25) is 9.69 Å². The fourth-order valence-electron chi connectivity index (χ4n) is 4.22. The molecule has 2 aliphatic heterocycles. The highest BCUT2D eigenvalue weighted by Gasteiger charge is 2.28. The number of anilines is 2. The van der Waals surface area contributed by atoms with Gasteiger partial charge in [0.25, 0.3) is 0 Å². The quantitative estimate of drug-likeness (QED) is 0.718. The number of aromatic nitrogens is 2. The number of carbonyl (C=O) groups excluding carboxylic acids is 1. The highest BCUT2D eigenvalue weighted by Crippen LogP contribution is 2.30. The molecule has 3 heterocycles. The van der Waals surface area contributed by atoms with Crippen molar-refractivity contribution in [1.29, 1.82) is 0 Å². The molecule has 2 aliphatic rings. The van der Waals surface area contributed by atoms with Gasteiger partial charge in [-0.25, -0.2) is 23.5 Å². The number of amides is 1. The molecule has 1 saturated heterocycles. The third kappa shape index (κ3) is 4.77. The van der Waals surface area contributed by atoms with E-state index in [2.05, 4.69) is 28.6 Å². The number of sulfonamides is 1. The van der Waals surface area contributed by atoms with E-state index in [0.29, 0.717) is 19.5 Å². The smallest absolute Gasteiger partial charge is 0.241 e. The van der Waals surface area contributed by atoms with Crippen molar-refractivity contribution in [3.63, 3.8) is 0 Å². The fourth-order valence-corrected chi connectivity index (χ4v) is 4.78. The topological polar surface area (TPSA) is 113 Å². The molecule has 4 rings (SSSR count). The van der Waals surface area contributed by atoms with Gasteiger partial charge in [-0.15, -0.1) is 0 Å². The van der Waals surface area contributed by atoms with E-state index >= 15 is 0 Å². The van der Waals surface area contributed by atoms with Gasteiger partial charge < -0.3 is 9.80 Å². The number of rotatable bonds is 5. The molecule has 0 atom stereocenters. The molecule has 0 spiro atoms. The molecule has 1 aromatic carbocycles. The number of carbonyl (C=O) groups is 1. The molecule has 172 valence electrons. The Morgan fingerprint density at radius 2 is 1.81 bits per heavy atom. The summed E-state index contributed by atoms with van der Waals surface area (Å²) < 4.78 is 23.2. The monoisotopic (exact) mass is 458 g/mol. The van der Waals surface area contributed by atoms with Crippen LogP contribution in [0.5, 0.6) is 0 Å². The molecular formula is C22H30N6O3S. The van der Waals surface area contributed by atoms with Crippen molar-refractivity contribution in [2.75, 3.05) is 49.1 Å². The van der Waals surface area contributed by atoms with Crippen LogP contribution >= 0.6 is 0 Å². The van der Waals surface area contributed by atoms with Crippen molar-refractivity contribution in [2.24, 2.45) is 5.14 Å². The van der Waals surface area contributed by atoms with Gasteiger partial charge in [0.1, 0.15) is 11.6 Å². The van der Waals surface area contributed by atoms with Crippen LogP contribution in [0.3, 0.4) is 0 Å². The van der Waals surface area contributed by atoms with Crippen LogP contribution in [0.4, 0.5) is 11.5 Å². The Kier molecular flexibility index (Phi) is 6.19. The van der Waals surface area contributed by atoms with Crippen molar-refractivity contribution in [2.45, 2.75) is 38.0 Å². The van der Waals surface area contributed by atoms with Gasteiger partial charge in [0, 0.05) is 56.1 Å². The van der Waals surface area contributed by atoms with E-state index in [1.54, 1.807) is 17.0 Å². The first kappa shape index (κ1) is 22.6. The molecule has 10 heteroatoms. The lowest BCUT2D eigenvalue weighted by molar-refractivity contribution is -0.119. The first-order valence-corrected chi connectivity index (χ1v) is 12.5. The van der Waals surface area contributed by atoms with Crippen molar-refractivity contribution < 1.29 is 13.2 Å². The third-order valence-electron chi connectivity index (χ3n) is 6.01. The maximum absolute atomic E-state index is 13.0. The van der Waals surface area contributed by atoms with Crippen LogP contribution in [-0.4, -0.2) is 68.5 Å². The van der Waals surface area contributed by atoms with E-state index < -0.39 is 10.0 Å². The number of hydrogen-bond acceptors (Lipinski definition) is 7. The summed E-state index contributed by atoms with van der Waals surface area (Å²) in [4.78, 5) is 28.5. The molecule has 9 nitrogen and oxygen atoms in total. The summed E-state index contributed by atoms with van der Waals surface area (Å²) in [5, 5.41) is 5.23. The maximum Gasteiger partial charge on any atom is 0.241 e. The second-order valence-electron chi connectivity index (χ2n) is 8.77. The summed E-state index contributed by atoms with van der Waals surface area (Å²) in [5.41, 5.74) is 2.59. The normalized spacial score (nSPS) is 17.2. The maximum atomic E-state index is 13.0. The Hall–Kier alpha value is -2.56. The van der Waals surface area contributed by atoms with Crippen LogP contribution < -0.4 is 14.9 Å². The van der Waals surface area contributed by atoms with E-state index in [1.807, 2.05) is 13.0 Å². The molecule has 2 N–H and O–H groups in total. The molecule has 0 bridgehead atoms. The standard InChI is InChI=1S/C22H30N6O3S/c1-15(2)22-24-16(3)12-20(25-22)27-10-8-26(9-11-27)14-21(29)28-7-6-17-13-18(32(23,30)31)4-5-19(17)28/h4-5,12-13,15H,6-11,14H2,1-3H3,(H2,23,30,31). The summed E-state index contributed by atoms with van der Waals surface area (Å²) >= 11 is 0. The number of nitrogens with two attached hydrogens (primary N) is 1. The highest BCUT2D eigenvalue weighted by atomic mass is 32.2. The number of nitrogens with zero attached hydrogens (tertiary/aromatic N) is 5. The Morgan fingerprint density at radius 3 is 2.47 bits per heavy atom. The average Bonchev–Trinajstić information content (AvgIpc) is 3.16. The molecule has 1 amide bonds. The van der Waals surface area contributed by atoms with E-state index in [1.165, 1.54) is 6.07 Å². The minimum Gasteiger partial charge on any atom is -0.354 e. The lowest BCUT2D eigenvalue weighted by Crippen LogP contribution is -2.50. The van der Waals surface area contributed by atoms with Gasteiger partial charge in [-0.05, 0) is 37.1 Å². The van der Waals surface area contributed by atoms with Gasteiger partial charge in [0.15, 0.2) is 0 Å². The third-order valence-corrected chi connectivity index (χ3v) is 6.92. The molecule has 0 aliphatic carbocycles. The van der Waals surface area contributed by atoms with Crippen molar-refractivity contribution in [3.8, 4) is 0 Å². The minimum atomic E-state index is -3.75. The molecule has 0 saturated carbocycles. The van der Waals surface area contributed by atoms with E-state index in [0.717, 1.165) is 54.8 Å². The van der Waals surface area contributed by atoms with Gasteiger partial charge in [0.2, 0.25) is 15.9 Å². The zero-order valence-corrected chi connectivity index (χ0v) is 19.6. The Balaban J connectivity index is 1.37. The van der Waals surface area contributed by atoms with Crippen LogP contribution in [0.25, 0.3) is 0 Å². The zero-order valence-electron chi connectivity index (χ0n) is 18.8. The van der Waals surface area contributed by atoms with Gasteiger partial charge in [0.05, 0.1) is 11.4 Å². The lowest BCUT2D eigenvalue weighted by atomic mass is 10.2. The second kappa shape index (κ2) is 8.76. The van der Waals surface area contributed by atoms with Gasteiger partial charge >= 0.3 is 0 Å². The number of primary sulfonamides is 1. The van der Waals surface area contributed by atoms with E-state index in [-0.39, 0.29) is 16.7 Å². The number of aryl methyl sites for hydroxylation is 1. The first-order valence-electron chi connectivity index (χ1n) is 10.9. The van der Waals surface area contributed by atoms with Crippen molar-refractivity contribution in [1.82, 2.24) is 14.9 Å². The van der Waals surface area contributed by atoms with Crippen LogP contribution in [0, 0.1) is 6.92 Å². The van der Waals surface area contributed by atoms with E-state index in [4.69, 9.17) is 10.1 Å².